The summed E-state index contributed by atoms with van der Waals surface area (Å²) in [5, 5.41) is 0. The maximum atomic E-state index is 11.9. The van der Waals surface area contributed by atoms with Crippen LogP contribution in [-0.2, 0) is 22.3 Å². The van der Waals surface area contributed by atoms with E-state index in [0.29, 0.717) is 11.3 Å². The lowest BCUT2D eigenvalue weighted by Crippen LogP contribution is -2.37. The molecule has 7 heteroatoms. The molecule has 6 nitrogen and oxygen atoms in total. The van der Waals surface area contributed by atoms with Gasteiger partial charge in [0.25, 0.3) is 0 Å². The highest BCUT2D eigenvalue weighted by Crippen LogP contribution is 2.03. The number of sulfonamides is 1. The van der Waals surface area contributed by atoms with Gasteiger partial charge in [0.15, 0.2) is 0 Å². The fraction of sp³-hybridized carbons (Fsp3) is 0.250. The number of rotatable bonds is 5. The lowest BCUT2D eigenvalue weighted by atomic mass is 10.2. The molecular formula is C16H22N4O2S. The monoisotopic (exact) mass is 334 g/mol. The van der Waals surface area contributed by atoms with E-state index in [4.69, 9.17) is 5.73 Å². The smallest absolute Gasteiger partial charge is 0.239 e. The molecule has 2 aromatic rings. The number of benzene rings is 1. The number of pyridine rings is 1. The molecule has 0 amide bonds. The van der Waals surface area contributed by atoms with Gasteiger partial charge in [0.05, 0.1) is 18.0 Å². The molecule has 0 spiro atoms. The van der Waals surface area contributed by atoms with Crippen molar-refractivity contribution in [2.75, 3.05) is 0 Å². The molecule has 1 aromatic carbocycles. The first-order chi connectivity index (χ1) is 11.1. The zero-order valence-electron chi connectivity index (χ0n) is 13.3. The standard InChI is InChI=1S/C14H16N4O2S.C2H6/c15-14(17-10-13-8-4-5-9-16-13)18-21(19,20)11-12-6-2-1-3-7-12;1-2/h1-9H,10-11H2,(H3,15,17,18);1-2H3. The third kappa shape index (κ3) is 7.42. The van der Waals surface area contributed by atoms with E-state index in [-0.39, 0.29) is 18.3 Å². The lowest BCUT2D eigenvalue weighted by molar-refractivity contribution is 0.591. The number of aromatic nitrogens is 1. The average Bonchev–Trinajstić information content (AvgIpc) is 2.56. The molecule has 124 valence electrons. The van der Waals surface area contributed by atoms with Gasteiger partial charge in [0.1, 0.15) is 0 Å². The number of nitrogens with one attached hydrogen (secondary N) is 1. The second kappa shape index (κ2) is 9.58. The Labute approximate surface area is 137 Å². The van der Waals surface area contributed by atoms with Crippen molar-refractivity contribution in [2.24, 2.45) is 10.7 Å². The summed E-state index contributed by atoms with van der Waals surface area (Å²) in [6.07, 6.45) is 1.64. The normalized spacial score (nSPS) is 11.3. The van der Waals surface area contributed by atoms with Crippen molar-refractivity contribution in [3.8, 4) is 0 Å². The van der Waals surface area contributed by atoms with Gasteiger partial charge >= 0.3 is 0 Å². The van der Waals surface area contributed by atoms with E-state index in [2.05, 4.69) is 14.7 Å². The molecule has 0 aliphatic carbocycles. The highest BCUT2D eigenvalue weighted by atomic mass is 32.2. The van der Waals surface area contributed by atoms with E-state index in [1.54, 1.807) is 42.6 Å². The van der Waals surface area contributed by atoms with Gasteiger partial charge in [-0.2, -0.15) is 0 Å². The van der Waals surface area contributed by atoms with Crippen molar-refractivity contribution in [3.63, 3.8) is 0 Å². The van der Waals surface area contributed by atoms with Crippen LogP contribution in [0.15, 0.2) is 59.7 Å². The van der Waals surface area contributed by atoms with Gasteiger partial charge in [-0.3, -0.25) is 9.71 Å². The number of guanidine groups is 1. The SMILES string of the molecule is CC.NC(=NCc1ccccn1)NS(=O)(=O)Cc1ccccc1. The van der Waals surface area contributed by atoms with Gasteiger partial charge in [-0.25, -0.2) is 13.4 Å². The summed E-state index contributed by atoms with van der Waals surface area (Å²) in [6, 6.07) is 14.3. The highest BCUT2D eigenvalue weighted by Gasteiger charge is 2.12. The molecule has 3 N–H and O–H groups in total. The van der Waals surface area contributed by atoms with E-state index in [9.17, 15) is 8.42 Å². The predicted octanol–water partition coefficient (Wildman–Crippen LogP) is 2.04. The van der Waals surface area contributed by atoms with Gasteiger partial charge in [0.2, 0.25) is 16.0 Å². The van der Waals surface area contributed by atoms with Gasteiger partial charge in [-0.15, -0.1) is 0 Å². The summed E-state index contributed by atoms with van der Waals surface area (Å²) in [6.45, 7) is 4.22. The third-order valence-electron chi connectivity index (χ3n) is 2.60. The van der Waals surface area contributed by atoms with Crippen LogP contribution in [-0.4, -0.2) is 19.4 Å². The molecule has 1 aromatic heterocycles. The maximum Gasteiger partial charge on any atom is 0.239 e. The number of nitrogens with two attached hydrogens (primary N) is 1. The Balaban J connectivity index is 0.00000127. The van der Waals surface area contributed by atoms with E-state index >= 15 is 0 Å². The molecule has 0 bridgehead atoms. The van der Waals surface area contributed by atoms with Gasteiger partial charge in [-0.05, 0) is 17.7 Å². The molecule has 23 heavy (non-hydrogen) atoms. The van der Waals surface area contributed by atoms with Crippen LogP contribution in [0.1, 0.15) is 25.1 Å². The van der Waals surface area contributed by atoms with Crippen molar-refractivity contribution in [3.05, 3.63) is 66.0 Å². The topological polar surface area (TPSA) is 97.4 Å². The molecule has 0 fully saturated rings. The Hall–Kier alpha value is -2.41. The van der Waals surface area contributed by atoms with Crippen molar-refractivity contribution < 1.29 is 8.42 Å². The Morgan fingerprint density at radius 1 is 1.13 bits per heavy atom. The molecular weight excluding hydrogens is 312 g/mol. The van der Waals surface area contributed by atoms with Crippen LogP contribution in [0.2, 0.25) is 0 Å². The molecule has 1 heterocycles. The van der Waals surface area contributed by atoms with Crippen molar-refractivity contribution >= 4 is 16.0 Å². The number of hydrogen-bond acceptors (Lipinski definition) is 4. The first-order valence-corrected chi connectivity index (χ1v) is 8.95. The minimum absolute atomic E-state index is 0.142. The molecule has 2 rings (SSSR count). The van der Waals surface area contributed by atoms with Crippen molar-refractivity contribution in [1.29, 1.82) is 0 Å². The van der Waals surface area contributed by atoms with Crippen LogP contribution >= 0.6 is 0 Å². The summed E-state index contributed by atoms with van der Waals surface area (Å²) < 4.78 is 26.1. The highest BCUT2D eigenvalue weighted by molar-refractivity contribution is 7.89. The first-order valence-electron chi connectivity index (χ1n) is 7.29. The second-order valence-electron chi connectivity index (χ2n) is 4.37. The third-order valence-corrected chi connectivity index (χ3v) is 3.83. The van der Waals surface area contributed by atoms with Gasteiger partial charge < -0.3 is 5.73 Å². The summed E-state index contributed by atoms with van der Waals surface area (Å²) in [7, 11) is -3.56. The summed E-state index contributed by atoms with van der Waals surface area (Å²) in [5.74, 6) is -0.287. The molecule has 0 aliphatic rings. The van der Waals surface area contributed by atoms with Crippen molar-refractivity contribution in [1.82, 2.24) is 9.71 Å². The minimum Gasteiger partial charge on any atom is -0.369 e. The van der Waals surface area contributed by atoms with Crippen LogP contribution in [0.25, 0.3) is 0 Å². The Bertz CT molecular complexity index is 701. The maximum absolute atomic E-state index is 11.9. The Morgan fingerprint density at radius 3 is 2.39 bits per heavy atom. The molecule has 0 saturated heterocycles. The molecule has 0 unspecified atom stereocenters. The second-order valence-corrected chi connectivity index (χ2v) is 6.09. The molecule has 0 aliphatic heterocycles. The van der Waals surface area contributed by atoms with Crippen LogP contribution in [0.3, 0.4) is 0 Å². The van der Waals surface area contributed by atoms with Crippen LogP contribution in [0, 0.1) is 0 Å². The van der Waals surface area contributed by atoms with Crippen LogP contribution in [0.4, 0.5) is 0 Å². The molecule has 0 atom stereocenters. The lowest BCUT2D eigenvalue weighted by Gasteiger charge is -2.07. The number of hydrogen-bond donors (Lipinski definition) is 2. The van der Waals surface area contributed by atoms with E-state index in [1.165, 1.54) is 0 Å². The van der Waals surface area contributed by atoms with E-state index < -0.39 is 10.0 Å². The van der Waals surface area contributed by atoms with Crippen molar-refractivity contribution in [2.45, 2.75) is 26.1 Å². The fourth-order valence-corrected chi connectivity index (χ4v) is 2.77. The number of nitrogens with zero attached hydrogens (tertiary/aromatic N) is 2. The zero-order chi connectivity index (χ0) is 17.1. The quantitative estimate of drug-likeness (QED) is 0.646. The first kappa shape index (κ1) is 18.6. The van der Waals surface area contributed by atoms with E-state index in [1.807, 2.05) is 26.0 Å². The molecule has 0 radical (unpaired) electrons. The summed E-state index contributed by atoms with van der Waals surface area (Å²) >= 11 is 0. The Morgan fingerprint density at radius 2 is 1.78 bits per heavy atom. The minimum atomic E-state index is -3.56. The Kier molecular flexibility index (Phi) is 7.76. The summed E-state index contributed by atoms with van der Waals surface area (Å²) in [5.41, 5.74) is 6.99. The van der Waals surface area contributed by atoms with Crippen LogP contribution in [0.5, 0.6) is 0 Å². The largest absolute Gasteiger partial charge is 0.369 e. The zero-order valence-corrected chi connectivity index (χ0v) is 14.1. The predicted molar refractivity (Wildman–Crippen MR) is 93.1 cm³/mol. The van der Waals surface area contributed by atoms with Gasteiger partial charge in [-0.1, -0.05) is 50.2 Å². The average molecular weight is 334 g/mol. The van der Waals surface area contributed by atoms with E-state index in [0.717, 1.165) is 0 Å². The number of aliphatic imine (C=N–C) groups is 1. The molecule has 0 saturated carbocycles. The fourth-order valence-electron chi connectivity index (χ4n) is 1.68. The van der Waals surface area contributed by atoms with Gasteiger partial charge in [0, 0.05) is 6.20 Å². The van der Waals surface area contributed by atoms with Crippen LogP contribution < -0.4 is 10.5 Å². The summed E-state index contributed by atoms with van der Waals surface area (Å²) in [4.78, 5) is 8.04.